The molecule has 0 saturated heterocycles. The number of rotatable bonds is 6. The third kappa shape index (κ3) is 5.73. The van der Waals surface area contributed by atoms with E-state index in [-0.39, 0.29) is 29.0 Å². The van der Waals surface area contributed by atoms with Gasteiger partial charge in [0.2, 0.25) is 0 Å². The maximum Gasteiger partial charge on any atom is 0.328 e. The summed E-state index contributed by atoms with van der Waals surface area (Å²) in [4.78, 5) is 41.4. The van der Waals surface area contributed by atoms with Crippen LogP contribution in [0.15, 0.2) is 85.5 Å². The van der Waals surface area contributed by atoms with E-state index in [1.54, 1.807) is 44.2 Å². The highest BCUT2D eigenvalue weighted by molar-refractivity contribution is 7.99. The Morgan fingerprint density at radius 3 is 2.43 bits per heavy atom. The molecule has 236 valence electrons. The summed E-state index contributed by atoms with van der Waals surface area (Å²) in [6.07, 6.45) is 6.93. The van der Waals surface area contributed by atoms with Crippen LogP contribution in [-0.4, -0.2) is 45.9 Å². The number of carbonyl (C=O) groups excluding carboxylic acids is 3. The van der Waals surface area contributed by atoms with E-state index in [9.17, 15) is 18.8 Å². The molecule has 8 nitrogen and oxygen atoms in total. The molecule has 0 fully saturated rings. The Morgan fingerprint density at radius 1 is 1.02 bits per heavy atom. The monoisotopic (exact) mass is 639 g/mol. The molecule has 46 heavy (non-hydrogen) atoms. The van der Waals surface area contributed by atoms with Gasteiger partial charge in [0, 0.05) is 73.0 Å². The molecule has 2 aromatic carbocycles. The van der Waals surface area contributed by atoms with Crippen LogP contribution in [0.1, 0.15) is 66.5 Å². The SMILES string of the molecule is CC(OC(=O)C(C)(C)C)[n+]1cccc([C@H]2SCc3c(C(=O)c4cn(C(=O)N(C)C)c5cc(-c6ccc(F)cc6)ccc45)ccn32)c1. The summed E-state index contributed by atoms with van der Waals surface area (Å²) in [6.45, 7) is 7.32. The first-order valence-corrected chi connectivity index (χ1v) is 16.1. The minimum Gasteiger partial charge on any atom is -0.402 e. The second-order valence-corrected chi connectivity index (χ2v) is 13.8. The maximum atomic E-state index is 14.2. The van der Waals surface area contributed by atoms with Crippen molar-refractivity contribution >= 4 is 40.4 Å². The zero-order chi connectivity index (χ0) is 32.9. The molecule has 6 rings (SSSR count). The number of amides is 1. The predicted octanol–water partition coefficient (Wildman–Crippen LogP) is 7.20. The van der Waals surface area contributed by atoms with E-state index >= 15 is 0 Å². The molecule has 0 aliphatic carbocycles. The van der Waals surface area contributed by atoms with E-state index in [2.05, 4.69) is 4.57 Å². The average Bonchev–Trinajstić information content (AvgIpc) is 3.74. The van der Waals surface area contributed by atoms with Crippen LogP contribution >= 0.6 is 11.8 Å². The molecule has 5 aromatic rings. The van der Waals surface area contributed by atoms with Crippen LogP contribution in [0, 0.1) is 11.2 Å². The molecular weight excluding hydrogens is 603 g/mol. The Kier molecular flexibility index (Phi) is 8.10. The number of pyridine rings is 1. The molecule has 2 atom stereocenters. The molecule has 0 bridgehead atoms. The number of halogens is 1. The third-order valence-electron chi connectivity index (χ3n) is 8.16. The molecule has 3 aromatic heterocycles. The number of thioether (sulfide) groups is 1. The van der Waals surface area contributed by atoms with Crippen molar-refractivity contribution in [1.29, 1.82) is 0 Å². The van der Waals surface area contributed by atoms with Gasteiger partial charge in [-0.1, -0.05) is 24.3 Å². The van der Waals surface area contributed by atoms with Crippen molar-refractivity contribution in [2.24, 2.45) is 5.41 Å². The van der Waals surface area contributed by atoms with Crippen molar-refractivity contribution in [1.82, 2.24) is 14.0 Å². The van der Waals surface area contributed by atoms with Gasteiger partial charge in [-0.15, -0.1) is 11.8 Å². The van der Waals surface area contributed by atoms with Crippen molar-refractivity contribution in [3.8, 4) is 11.1 Å². The number of fused-ring (bicyclic) bond motifs is 2. The van der Waals surface area contributed by atoms with E-state index in [1.807, 2.05) is 87.3 Å². The second-order valence-electron chi connectivity index (χ2n) is 12.7. The number of aromatic nitrogens is 3. The minimum atomic E-state index is -0.604. The van der Waals surface area contributed by atoms with Crippen molar-refractivity contribution in [3.05, 3.63) is 114 Å². The fourth-order valence-corrected chi connectivity index (χ4v) is 6.89. The molecule has 0 spiro atoms. The molecule has 1 aliphatic heterocycles. The summed E-state index contributed by atoms with van der Waals surface area (Å²) < 4.78 is 24.8. The van der Waals surface area contributed by atoms with E-state index in [0.717, 1.165) is 22.4 Å². The van der Waals surface area contributed by atoms with Crippen LogP contribution in [0.4, 0.5) is 9.18 Å². The lowest BCUT2D eigenvalue weighted by atomic mass is 9.97. The largest absolute Gasteiger partial charge is 0.402 e. The van der Waals surface area contributed by atoms with Crippen LogP contribution in [0.25, 0.3) is 22.0 Å². The molecular formula is C36H36FN4O4S+. The topological polar surface area (TPSA) is 77.4 Å². The lowest BCUT2D eigenvalue weighted by molar-refractivity contribution is -0.753. The van der Waals surface area contributed by atoms with Crippen molar-refractivity contribution in [2.45, 2.75) is 45.0 Å². The smallest absolute Gasteiger partial charge is 0.328 e. The highest BCUT2D eigenvalue weighted by Crippen LogP contribution is 2.43. The number of hydrogen-bond donors (Lipinski definition) is 0. The van der Waals surface area contributed by atoms with Gasteiger partial charge in [-0.2, -0.15) is 4.57 Å². The average molecular weight is 640 g/mol. The minimum absolute atomic E-state index is 0.0653. The van der Waals surface area contributed by atoms with E-state index in [4.69, 9.17) is 4.74 Å². The predicted molar refractivity (Wildman–Crippen MR) is 176 cm³/mol. The number of esters is 1. The summed E-state index contributed by atoms with van der Waals surface area (Å²) in [5.41, 5.74) is 4.56. The van der Waals surface area contributed by atoms with Gasteiger partial charge in [0.25, 0.3) is 0 Å². The van der Waals surface area contributed by atoms with Gasteiger partial charge in [0.05, 0.1) is 10.9 Å². The first kappa shape index (κ1) is 31.3. The highest BCUT2D eigenvalue weighted by atomic mass is 32.2. The quantitative estimate of drug-likeness (QED) is 0.112. The normalized spacial score (nSPS) is 15.1. The standard InChI is InChI=1S/C36H36FN4O4S/c1-22(45-34(43)36(2,3)4)39-16-7-8-25(19-39)33-40-17-15-28(31(40)21-46-33)32(42)29-20-41(35(44)38(5)6)30-18-24(11-14-27(29)30)23-9-12-26(37)13-10-23/h7-20,22,33H,21H2,1-6H3/q+1/t22?,33-/m1/s1. The highest BCUT2D eigenvalue weighted by Gasteiger charge is 2.33. The number of nitrogens with zero attached hydrogens (tertiary/aromatic N) is 4. The summed E-state index contributed by atoms with van der Waals surface area (Å²) in [5, 5.41) is 0.598. The maximum absolute atomic E-state index is 14.2. The van der Waals surface area contributed by atoms with Gasteiger partial charge in [-0.25, -0.2) is 9.18 Å². The molecule has 1 unspecified atom stereocenters. The Bertz CT molecular complexity index is 1990. The Labute approximate surface area is 271 Å². The lowest BCUT2D eigenvalue weighted by Gasteiger charge is -2.18. The zero-order valence-electron chi connectivity index (χ0n) is 26.7. The van der Waals surface area contributed by atoms with Crippen LogP contribution in [0.5, 0.6) is 0 Å². The number of ether oxygens (including phenoxy) is 1. The molecule has 1 aliphatic rings. The van der Waals surface area contributed by atoms with Crippen molar-refractivity contribution in [2.75, 3.05) is 14.1 Å². The summed E-state index contributed by atoms with van der Waals surface area (Å²) >= 11 is 1.71. The van der Waals surface area contributed by atoms with Crippen molar-refractivity contribution < 1.29 is 28.1 Å². The van der Waals surface area contributed by atoms with Crippen LogP contribution in [0.2, 0.25) is 0 Å². The summed E-state index contributed by atoms with van der Waals surface area (Å²) in [7, 11) is 3.33. The molecule has 1 amide bonds. The summed E-state index contributed by atoms with van der Waals surface area (Å²) in [5.74, 6) is -0.131. The molecule has 0 saturated carbocycles. The molecule has 0 N–H and O–H groups in total. The van der Waals surface area contributed by atoms with Crippen LogP contribution in [-0.2, 0) is 15.3 Å². The molecule has 4 heterocycles. The van der Waals surface area contributed by atoms with E-state index in [1.165, 1.54) is 21.6 Å². The lowest BCUT2D eigenvalue weighted by Crippen LogP contribution is -2.42. The number of carbonyl (C=O) groups is 3. The van der Waals surface area contributed by atoms with Gasteiger partial charge in [0.1, 0.15) is 11.2 Å². The molecule has 10 heteroatoms. The second kappa shape index (κ2) is 11.9. The number of ketones is 1. The van der Waals surface area contributed by atoms with Crippen LogP contribution < -0.4 is 4.57 Å². The number of benzene rings is 2. The summed E-state index contributed by atoms with van der Waals surface area (Å²) in [6, 6.07) is 17.3. The van der Waals surface area contributed by atoms with Gasteiger partial charge < -0.3 is 14.2 Å². The first-order chi connectivity index (χ1) is 21.8. The zero-order valence-corrected chi connectivity index (χ0v) is 27.5. The van der Waals surface area contributed by atoms with Crippen LogP contribution in [0.3, 0.4) is 0 Å². The Hall–Kier alpha value is -4.70. The molecule has 0 radical (unpaired) electrons. The third-order valence-corrected chi connectivity index (χ3v) is 9.41. The van der Waals surface area contributed by atoms with E-state index in [0.29, 0.717) is 27.8 Å². The van der Waals surface area contributed by atoms with E-state index < -0.39 is 11.6 Å². The number of hydrogen-bond acceptors (Lipinski definition) is 5. The van der Waals surface area contributed by atoms with Gasteiger partial charge >= 0.3 is 18.2 Å². The Balaban J connectivity index is 1.33. The van der Waals surface area contributed by atoms with Gasteiger partial charge in [0.15, 0.2) is 18.2 Å². The Morgan fingerprint density at radius 2 is 1.74 bits per heavy atom. The van der Waals surface area contributed by atoms with Gasteiger partial charge in [-0.05, 0) is 62.2 Å². The fraction of sp³-hybridized carbons (Fsp3) is 0.278. The fourth-order valence-electron chi connectivity index (χ4n) is 5.58. The van der Waals surface area contributed by atoms with Crippen molar-refractivity contribution in [3.63, 3.8) is 0 Å². The van der Waals surface area contributed by atoms with Gasteiger partial charge in [-0.3, -0.25) is 14.2 Å². The first-order valence-electron chi connectivity index (χ1n) is 15.0.